The molecule has 1 amide bonds. The van der Waals surface area contributed by atoms with E-state index in [1.165, 1.54) is 0 Å². The topological polar surface area (TPSA) is 110 Å². The fraction of sp³-hybridized carbons (Fsp3) is 0.294. The molecule has 1 aliphatic heterocycles. The van der Waals surface area contributed by atoms with E-state index in [0.29, 0.717) is 36.4 Å². The van der Waals surface area contributed by atoms with E-state index < -0.39 is 5.91 Å². The zero-order chi connectivity index (χ0) is 18.3. The van der Waals surface area contributed by atoms with Crippen molar-refractivity contribution in [3.63, 3.8) is 0 Å². The van der Waals surface area contributed by atoms with E-state index in [0.717, 1.165) is 17.1 Å². The van der Waals surface area contributed by atoms with Crippen molar-refractivity contribution in [3.8, 4) is 28.7 Å². The Hall–Kier alpha value is -3.36. The SMILES string of the molecule is Cc1ncn(C)c1-c1nc(CC(N)=O)nn1-c1ccc2c(c1)OCCO2. The molecule has 9 nitrogen and oxygen atoms in total. The summed E-state index contributed by atoms with van der Waals surface area (Å²) in [5.41, 5.74) is 7.67. The second-order valence-electron chi connectivity index (χ2n) is 6.02. The van der Waals surface area contributed by atoms with Crippen molar-refractivity contribution in [2.45, 2.75) is 13.3 Å². The number of rotatable bonds is 4. The summed E-state index contributed by atoms with van der Waals surface area (Å²) in [6.45, 7) is 2.91. The first-order valence-corrected chi connectivity index (χ1v) is 8.15. The van der Waals surface area contributed by atoms with Crippen LogP contribution in [0.1, 0.15) is 11.5 Å². The van der Waals surface area contributed by atoms with Crippen LogP contribution in [0.3, 0.4) is 0 Å². The van der Waals surface area contributed by atoms with E-state index in [9.17, 15) is 4.79 Å². The van der Waals surface area contributed by atoms with Gasteiger partial charge in [0, 0.05) is 13.1 Å². The number of carbonyl (C=O) groups is 1. The zero-order valence-electron chi connectivity index (χ0n) is 14.5. The highest BCUT2D eigenvalue weighted by atomic mass is 16.6. The summed E-state index contributed by atoms with van der Waals surface area (Å²) in [6, 6.07) is 5.54. The van der Waals surface area contributed by atoms with Gasteiger partial charge in [-0.05, 0) is 19.1 Å². The second-order valence-corrected chi connectivity index (χ2v) is 6.02. The lowest BCUT2D eigenvalue weighted by atomic mass is 10.2. The number of imidazole rings is 1. The first-order chi connectivity index (χ1) is 12.5. The van der Waals surface area contributed by atoms with Crippen LogP contribution in [0.25, 0.3) is 17.2 Å². The van der Waals surface area contributed by atoms with E-state index >= 15 is 0 Å². The molecule has 0 aliphatic carbocycles. The number of nitrogens with two attached hydrogens (primary N) is 1. The van der Waals surface area contributed by atoms with E-state index in [1.807, 2.05) is 36.7 Å². The smallest absolute Gasteiger partial charge is 0.225 e. The highest BCUT2D eigenvalue weighted by Gasteiger charge is 2.21. The second kappa shape index (κ2) is 6.17. The summed E-state index contributed by atoms with van der Waals surface area (Å²) in [5.74, 6) is 1.78. The van der Waals surface area contributed by atoms with E-state index in [-0.39, 0.29) is 6.42 Å². The predicted molar refractivity (Wildman–Crippen MR) is 92.2 cm³/mol. The largest absolute Gasteiger partial charge is 0.486 e. The van der Waals surface area contributed by atoms with Crippen LogP contribution >= 0.6 is 0 Å². The number of benzene rings is 1. The molecule has 0 bridgehead atoms. The zero-order valence-corrected chi connectivity index (χ0v) is 14.5. The molecule has 0 saturated carbocycles. The number of fused-ring (bicyclic) bond motifs is 1. The highest BCUT2D eigenvalue weighted by molar-refractivity contribution is 5.76. The van der Waals surface area contributed by atoms with Gasteiger partial charge in [0.05, 0.1) is 24.1 Å². The van der Waals surface area contributed by atoms with E-state index in [4.69, 9.17) is 15.2 Å². The third-order valence-electron chi connectivity index (χ3n) is 4.09. The molecule has 2 N–H and O–H groups in total. The minimum absolute atomic E-state index is 0.0402. The normalized spacial score (nSPS) is 13.0. The van der Waals surface area contributed by atoms with Gasteiger partial charge in [0.25, 0.3) is 0 Å². The summed E-state index contributed by atoms with van der Waals surface area (Å²) >= 11 is 0. The molecule has 4 rings (SSSR count). The minimum atomic E-state index is -0.488. The van der Waals surface area contributed by atoms with Crippen LogP contribution in [0.15, 0.2) is 24.5 Å². The lowest BCUT2D eigenvalue weighted by Crippen LogP contribution is -2.16. The Bertz CT molecular complexity index is 971. The van der Waals surface area contributed by atoms with Gasteiger partial charge in [-0.25, -0.2) is 14.6 Å². The van der Waals surface area contributed by atoms with Crippen molar-refractivity contribution in [2.75, 3.05) is 13.2 Å². The Morgan fingerprint density at radius 2 is 2.04 bits per heavy atom. The molecule has 134 valence electrons. The van der Waals surface area contributed by atoms with Crippen molar-refractivity contribution in [3.05, 3.63) is 36.0 Å². The van der Waals surface area contributed by atoms with E-state index in [1.54, 1.807) is 11.0 Å². The lowest BCUT2D eigenvalue weighted by Gasteiger charge is -2.19. The predicted octanol–water partition coefficient (Wildman–Crippen LogP) is 0.775. The average molecular weight is 354 g/mol. The molecule has 3 aromatic rings. The van der Waals surface area contributed by atoms with Crippen LogP contribution in [0.2, 0.25) is 0 Å². The molecule has 0 atom stereocenters. The standard InChI is InChI=1S/C17H18N6O3/c1-10-16(22(2)9-19-10)17-20-15(8-14(18)24)21-23(17)11-3-4-12-13(7-11)26-6-5-25-12/h3-4,7,9H,5-6,8H2,1-2H3,(H2,18,24). The summed E-state index contributed by atoms with van der Waals surface area (Å²) in [6.07, 6.45) is 1.67. The van der Waals surface area contributed by atoms with Crippen molar-refractivity contribution in [1.82, 2.24) is 24.3 Å². The van der Waals surface area contributed by atoms with Crippen molar-refractivity contribution in [1.29, 1.82) is 0 Å². The summed E-state index contributed by atoms with van der Waals surface area (Å²) in [5, 5.41) is 4.47. The van der Waals surface area contributed by atoms with Crippen LogP contribution in [-0.2, 0) is 18.3 Å². The average Bonchev–Trinajstić information content (AvgIpc) is 3.16. The number of primary amides is 1. The highest BCUT2D eigenvalue weighted by Crippen LogP contribution is 2.33. The molecule has 0 radical (unpaired) electrons. The van der Waals surface area contributed by atoms with Gasteiger partial charge in [0.15, 0.2) is 23.1 Å². The first kappa shape index (κ1) is 16.1. The number of hydrogen-bond donors (Lipinski definition) is 1. The van der Waals surface area contributed by atoms with Crippen LogP contribution in [0.5, 0.6) is 11.5 Å². The minimum Gasteiger partial charge on any atom is -0.486 e. The number of nitrogens with zero attached hydrogens (tertiary/aromatic N) is 5. The summed E-state index contributed by atoms with van der Waals surface area (Å²) in [4.78, 5) is 20.2. The molecule has 3 heterocycles. The number of hydrogen-bond acceptors (Lipinski definition) is 6. The molecular formula is C17H18N6O3. The van der Waals surface area contributed by atoms with Crippen LogP contribution in [0.4, 0.5) is 0 Å². The van der Waals surface area contributed by atoms with Gasteiger partial charge in [-0.3, -0.25) is 4.79 Å². The van der Waals surface area contributed by atoms with Gasteiger partial charge in [-0.15, -0.1) is 0 Å². The molecule has 2 aromatic heterocycles. The van der Waals surface area contributed by atoms with Gasteiger partial charge in [-0.2, -0.15) is 5.10 Å². The number of ether oxygens (including phenoxy) is 2. The van der Waals surface area contributed by atoms with Crippen LogP contribution < -0.4 is 15.2 Å². The molecular weight excluding hydrogens is 336 g/mol. The van der Waals surface area contributed by atoms with Gasteiger partial charge in [0.1, 0.15) is 18.9 Å². The van der Waals surface area contributed by atoms with Gasteiger partial charge < -0.3 is 19.8 Å². The quantitative estimate of drug-likeness (QED) is 0.741. The maximum absolute atomic E-state index is 11.3. The number of aromatic nitrogens is 5. The number of carbonyl (C=O) groups excluding carboxylic acids is 1. The molecule has 0 unspecified atom stereocenters. The molecule has 0 spiro atoms. The van der Waals surface area contributed by atoms with Crippen molar-refractivity contribution < 1.29 is 14.3 Å². The molecule has 1 aromatic carbocycles. The Balaban J connectivity index is 1.87. The molecule has 9 heteroatoms. The van der Waals surface area contributed by atoms with Crippen molar-refractivity contribution >= 4 is 5.91 Å². The molecule has 1 aliphatic rings. The Morgan fingerprint density at radius 1 is 1.27 bits per heavy atom. The molecule has 26 heavy (non-hydrogen) atoms. The molecule has 0 saturated heterocycles. The monoisotopic (exact) mass is 354 g/mol. The van der Waals surface area contributed by atoms with Crippen molar-refractivity contribution in [2.24, 2.45) is 12.8 Å². The van der Waals surface area contributed by atoms with Crippen LogP contribution in [0, 0.1) is 6.92 Å². The fourth-order valence-electron chi connectivity index (χ4n) is 2.95. The Morgan fingerprint density at radius 3 is 2.73 bits per heavy atom. The Labute approximate surface area is 149 Å². The summed E-state index contributed by atoms with van der Waals surface area (Å²) in [7, 11) is 1.88. The lowest BCUT2D eigenvalue weighted by molar-refractivity contribution is -0.117. The third kappa shape index (κ3) is 2.77. The maximum Gasteiger partial charge on any atom is 0.225 e. The van der Waals surface area contributed by atoms with Gasteiger partial charge >= 0.3 is 0 Å². The first-order valence-electron chi connectivity index (χ1n) is 8.15. The Kier molecular flexibility index (Phi) is 3.83. The maximum atomic E-state index is 11.3. The number of amides is 1. The van der Waals surface area contributed by atoms with Gasteiger partial charge in [-0.1, -0.05) is 0 Å². The number of aryl methyl sites for hydroxylation is 2. The summed E-state index contributed by atoms with van der Waals surface area (Å²) < 4.78 is 14.8. The molecule has 0 fully saturated rings. The fourth-order valence-corrected chi connectivity index (χ4v) is 2.95. The van der Waals surface area contributed by atoms with Gasteiger partial charge in [0.2, 0.25) is 5.91 Å². The van der Waals surface area contributed by atoms with E-state index in [2.05, 4.69) is 15.1 Å². The van der Waals surface area contributed by atoms with Crippen LogP contribution in [-0.4, -0.2) is 43.4 Å². The third-order valence-corrected chi connectivity index (χ3v) is 4.09.